The average molecular weight is 576 g/mol. The summed E-state index contributed by atoms with van der Waals surface area (Å²) < 4.78 is 36.8. The van der Waals surface area contributed by atoms with Crippen LogP contribution >= 0.6 is 0 Å². The number of amides is 1. The van der Waals surface area contributed by atoms with Crippen molar-refractivity contribution in [2.24, 2.45) is 5.92 Å². The minimum atomic E-state index is -0.648. The first-order valence-electron chi connectivity index (χ1n) is 14.6. The van der Waals surface area contributed by atoms with Crippen molar-refractivity contribution in [2.75, 3.05) is 39.6 Å². The Hall–Kier alpha value is -3.56. The van der Waals surface area contributed by atoms with Crippen LogP contribution in [0.2, 0.25) is 0 Å². The summed E-state index contributed by atoms with van der Waals surface area (Å²) in [5.74, 6) is -0.715. The Bertz CT molecular complexity index is 1370. The first-order chi connectivity index (χ1) is 20.6. The molecule has 0 aromatic heterocycles. The quantitative estimate of drug-likeness (QED) is 0.204. The van der Waals surface area contributed by atoms with Crippen molar-refractivity contribution in [2.45, 2.75) is 38.5 Å². The van der Waals surface area contributed by atoms with Crippen LogP contribution in [0.1, 0.15) is 41.5 Å². The van der Waals surface area contributed by atoms with E-state index in [1.165, 1.54) is 34.4 Å². The maximum Gasteiger partial charge on any atom is 0.286 e. The molecule has 222 valence electrons. The Morgan fingerprint density at radius 1 is 0.976 bits per heavy atom. The van der Waals surface area contributed by atoms with E-state index >= 15 is 0 Å². The molecule has 2 N–H and O–H groups in total. The molecule has 8 heteroatoms. The zero-order valence-corrected chi connectivity index (χ0v) is 23.9. The number of aliphatic hydroxyl groups excluding tert-OH is 1. The minimum absolute atomic E-state index is 0.0193. The van der Waals surface area contributed by atoms with Gasteiger partial charge in [-0.15, -0.1) is 0 Å². The monoisotopic (exact) mass is 575 g/mol. The van der Waals surface area contributed by atoms with E-state index in [0.29, 0.717) is 32.8 Å². The van der Waals surface area contributed by atoms with Crippen LogP contribution in [0.15, 0.2) is 78.6 Å². The number of rotatable bonds is 14. The van der Waals surface area contributed by atoms with E-state index in [9.17, 15) is 9.18 Å². The fourth-order valence-electron chi connectivity index (χ4n) is 5.77. The third-order valence-corrected chi connectivity index (χ3v) is 7.76. The van der Waals surface area contributed by atoms with Gasteiger partial charge in [0.2, 0.25) is 6.29 Å². The third-order valence-electron chi connectivity index (χ3n) is 7.76. The van der Waals surface area contributed by atoms with Gasteiger partial charge in [-0.3, -0.25) is 4.79 Å². The van der Waals surface area contributed by atoms with Crippen LogP contribution in [0.5, 0.6) is 0 Å². The molecule has 0 fully saturated rings. The van der Waals surface area contributed by atoms with Gasteiger partial charge in [-0.1, -0.05) is 54.6 Å². The van der Waals surface area contributed by atoms with E-state index in [0.717, 1.165) is 17.5 Å². The summed E-state index contributed by atoms with van der Waals surface area (Å²) in [6.45, 7) is 4.13. The van der Waals surface area contributed by atoms with Gasteiger partial charge < -0.3 is 29.4 Å². The molecular formula is C34H38FNO6. The molecule has 0 saturated heterocycles. The fraction of sp³-hybridized carbons (Fsp3) is 0.382. The first kappa shape index (κ1) is 29.9. The molecule has 1 aliphatic carbocycles. The molecule has 1 aliphatic heterocycles. The maximum absolute atomic E-state index is 13.4. The predicted octanol–water partition coefficient (Wildman–Crippen LogP) is 5.11. The van der Waals surface area contributed by atoms with Crippen LogP contribution < -0.4 is 5.32 Å². The normalized spacial score (nSPS) is 19.0. The molecule has 5 rings (SSSR count). The highest BCUT2D eigenvalue weighted by atomic mass is 19.1. The first-order valence-corrected chi connectivity index (χ1v) is 14.6. The lowest BCUT2D eigenvalue weighted by molar-refractivity contribution is -0.168. The van der Waals surface area contributed by atoms with Crippen molar-refractivity contribution >= 4 is 5.91 Å². The van der Waals surface area contributed by atoms with Crippen LogP contribution in [-0.4, -0.2) is 56.9 Å². The Morgan fingerprint density at radius 2 is 1.74 bits per heavy atom. The maximum atomic E-state index is 13.4. The largest absolute Gasteiger partial charge is 0.459 e. The van der Waals surface area contributed by atoms with E-state index in [1.807, 2.05) is 13.0 Å². The highest BCUT2D eigenvalue weighted by Gasteiger charge is 2.39. The van der Waals surface area contributed by atoms with Crippen molar-refractivity contribution in [1.29, 1.82) is 0 Å². The number of nitrogens with one attached hydrogen (secondary N) is 1. The molecule has 7 nitrogen and oxygen atoms in total. The molecule has 0 radical (unpaired) electrons. The molecule has 0 saturated carbocycles. The summed E-state index contributed by atoms with van der Waals surface area (Å²) in [4.78, 5) is 13.4. The Morgan fingerprint density at radius 3 is 2.52 bits per heavy atom. The predicted molar refractivity (Wildman–Crippen MR) is 157 cm³/mol. The Balaban J connectivity index is 1.41. The zero-order valence-electron chi connectivity index (χ0n) is 23.9. The van der Waals surface area contributed by atoms with E-state index in [-0.39, 0.29) is 49.1 Å². The number of carbonyl (C=O) groups is 1. The second-order valence-corrected chi connectivity index (χ2v) is 10.4. The number of halogens is 1. The lowest BCUT2D eigenvalue weighted by Gasteiger charge is -2.37. The van der Waals surface area contributed by atoms with E-state index in [2.05, 4.69) is 47.8 Å². The van der Waals surface area contributed by atoms with E-state index < -0.39 is 6.29 Å². The van der Waals surface area contributed by atoms with Crippen molar-refractivity contribution < 1.29 is 33.2 Å². The summed E-state index contributed by atoms with van der Waals surface area (Å²) in [6.07, 6.45) is 2.74. The van der Waals surface area contributed by atoms with Gasteiger partial charge in [-0.05, 0) is 71.4 Å². The molecule has 3 aromatic carbocycles. The summed E-state index contributed by atoms with van der Waals surface area (Å²) in [5.41, 5.74) is 6.94. The number of fused-ring (bicyclic) bond motifs is 3. The van der Waals surface area contributed by atoms with Gasteiger partial charge in [0.1, 0.15) is 5.82 Å². The lowest BCUT2D eigenvalue weighted by atomic mass is 9.78. The lowest BCUT2D eigenvalue weighted by Crippen LogP contribution is -2.39. The number of benzene rings is 3. The van der Waals surface area contributed by atoms with Crippen molar-refractivity contribution in [3.8, 4) is 11.1 Å². The van der Waals surface area contributed by atoms with E-state index in [1.54, 1.807) is 12.1 Å². The number of hydrogen-bond acceptors (Lipinski definition) is 6. The standard InChI is InChI=1S/C34H38FNO6/c1-2-41-34-29(14-16-39-18-19-40-17-15-37)31(21-32(42-34)33(38)36-22-23-10-12-25(35)13-11-23)28-9-5-8-27-26-7-4-3-6-24(26)20-30(27)28/h3-13,21,29,31,34,37H,2,14-20,22H2,1H3,(H,36,38)/t29-,31+,34+/m0/s1. The van der Waals surface area contributed by atoms with Crippen LogP contribution in [0, 0.1) is 11.7 Å². The number of aliphatic hydroxyl groups is 1. The second-order valence-electron chi connectivity index (χ2n) is 10.4. The molecule has 1 amide bonds. The molecular weight excluding hydrogens is 537 g/mol. The Labute approximate surface area is 246 Å². The highest BCUT2D eigenvalue weighted by Crippen LogP contribution is 2.45. The molecule has 42 heavy (non-hydrogen) atoms. The molecule has 0 spiro atoms. The summed E-state index contributed by atoms with van der Waals surface area (Å²) in [5, 5.41) is 11.8. The molecule has 0 unspecified atom stereocenters. The molecule has 0 bridgehead atoms. The van der Waals surface area contributed by atoms with E-state index in [4.69, 9.17) is 24.1 Å². The molecule has 3 atom stereocenters. The van der Waals surface area contributed by atoms with Crippen LogP contribution in [0.4, 0.5) is 4.39 Å². The van der Waals surface area contributed by atoms with Gasteiger partial charge >= 0.3 is 0 Å². The average Bonchev–Trinajstić information content (AvgIpc) is 3.40. The van der Waals surface area contributed by atoms with Gasteiger partial charge in [0.15, 0.2) is 5.76 Å². The number of hydrogen-bond donors (Lipinski definition) is 2. The second kappa shape index (κ2) is 14.6. The molecule has 1 heterocycles. The van der Waals surface area contributed by atoms with Gasteiger partial charge in [-0.2, -0.15) is 0 Å². The SMILES string of the molecule is CCO[C@@H]1OC(C(=O)NCc2ccc(F)cc2)=C[C@H](c2cccc3c2Cc2ccccc2-3)[C@@H]1CCOCCOCCO. The Kier molecular flexibility index (Phi) is 10.4. The fourth-order valence-corrected chi connectivity index (χ4v) is 5.77. The van der Waals surface area contributed by atoms with Gasteiger partial charge in [0, 0.05) is 31.6 Å². The van der Waals surface area contributed by atoms with Crippen LogP contribution in [0.3, 0.4) is 0 Å². The van der Waals surface area contributed by atoms with Crippen LogP contribution in [0.25, 0.3) is 11.1 Å². The number of carbonyl (C=O) groups excluding carboxylic acids is 1. The van der Waals surface area contributed by atoms with Crippen LogP contribution in [-0.2, 0) is 36.7 Å². The smallest absolute Gasteiger partial charge is 0.286 e. The highest BCUT2D eigenvalue weighted by molar-refractivity contribution is 5.91. The summed E-state index contributed by atoms with van der Waals surface area (Å²) in [7, 11) is 0. The van der Waals surface area contributed by atoms with Crippen molar-refractivity contribution in [3.63, 3.8) is 0 Å². The third kappa shape index (κ3) is 7.07. The number of ether oxygens (including phenoxy) is 4. The summed E-state index contributed by atoms with van der Waals surface area (Å²) in [6, 6.07) is 20.9. The molecule has 3 aromatic rings. The topological polar surface area (TPSA) is 86.3 Å². The van der Waals surface area contributed by atoms with Gasteiger partial charge in [-0.25, -0.2) is 4.39 Å². The number of allylic oxidation sites excluding steroid dienone is 1. The molecule has 2 aliphatic rings. The van der Waals surface area contributed by atoms with Crippen molar-refractivity contribution in [3.05, 3.63) is 107 Å². The minimum Gasteiger partial charge on any atom is -0.459 e. The van der Waals surface area contributed by atoms with Crippen molar-refractivity contribution in [1.82, 2.24) is 5.32 Å². The van der Waals surface area contributed by atoms with Gasteiger partial charge in [0.05, 0.1) is 26.4 Å². The zero-order chi connectivity index (χ0) is 29.3. The van der Waals surface area contributed by atoms with Gasteiger partial charge in [0.25, 0.3) is 5.91 Å². The summed E-state index contributed by atoms with van der Waals surface area (Å²) >= 11 is 0.